The number of aliphatic hydroxyl groups is 2. The highest BCUT2D eigenvalue weighted by molar-refractivity contribution is 5.44. The Kier molecular flexibility index (Phi) is 3.85. The van der Waals surface area contributed by atoms with Crippen LogP contribution in [0.15, 0.2) is 24.5 Å². The minimum atomic E-state index is -0.535. The first kappa shape index (κ1) is 14.0. The first-order valence-corrected chi connectivity index (χ1v) is 7.07. The van der Waals surface area contributed by atoms with Crippen LogP contribution >= 0.6 is 0 Å². The molecule has 1 aliphatic heterocycles. The Balaban J connectivity index is 1.86. The van der Waals surface area contributed by atoms with E-state index in [1.54, 1.807) is 10.9 Å². The molecule has 0 amide bonds. The van der Waals surface area contributed by atoms with E-state index in [0.717, 1.165) is 18.8 Å². The Morgan fingerprint density at radius 2 is 2.14 bits per heavy atom. The maximum Gasteiger partial charge on any atom is 0.159 e. The maximum atomic E-state index is 10.1. The van der Waals surface area contributed by atoms with E-state index in [0.29, 0.717) is 18.2 Å². The second kappa shape index (κ2) is 5.79. The maximum absolute atomic E-state index is 10.1. The van der Waals surface area contributed by atoms with Gasteiger partial charge in [0, 0.05) is 44.1 Å². The van der Waals surface area contributed by atoms with Gasteiger partial charge < -0.3 is 15.1 Å². The Bertz CT molecular complexity index is 601. The lowest BCUT2D eigenvalue weighted by Crippen LogP contribution is -2.45. The van der Waals surface area contributed by atoms with Gasteiger partial charge in [-0.3, -0.25) is 0 Å². The topological polar surface area (TPSA) is 87.3 Å². The molecule has 1 saturated heterocycles. The quantitative estimate of drug-likeness (QED) is 0.836. The molecule has 2 atom stereocenters. The summed E-state index contributed by atoms with van der Waals surface area (Å²) in [5.41, 5.74) is 0. The van der Waals surface area contributed by atoms with E-state index in [4.69, 9.17) is 0 Å². The Morgan fingerprint density at radius 3 is 2.81 bits per heavy atom. The summed E-state index contributed by atoms with van der Waals surface area (Å²) in [6, 6.07) is 3.71. The molecule has 3 heterocycles. The zero-order chi connectivity index (χ0) is 14.8. The molecular weight excluding hydrogens is 270 g/mol. The molecular formula is C14H19N5O2. The van der Waals surface area contributed by atoms with Crippen LogP contribution in [0, 0.1) is 12.8 Å². The van der Waals surface area contributed by atoms with E-state index in [2.05, 4.69) is 15.1 Å². The largest absolute Gasteiger partial charge is 0.396 e. The number of hydrogen-bond acceptors (Lipinski definition) is 6. The predicted molar refractivity (Wildman–Crippen MR) is 77.3 cm³/mol. The van der Waals surface area contributed by atoms with Gasteiger partial charge in [0.15, 0.2) is 5.82 Å². The second-order valence-electron chi connectivity index (χ2n) is 5.33. The van der Waals surface area contributed by atoms with Gasteiger partial charge in [0.05, 0.1) is 6.10 Å². The van der Waals surface area contributed by atoms with Crippen molar-refractivity contribution in [3.05, 3.63) is 30.4 Å². The van der Waals surface area contributed by atoms with Crippen LogP contribution in [-0.4, -0.2) is 55.8 Å². The first-order valence-electron chi connectivity index (χ1n) is 7.07. The lowest BCUT2D eigenvalue weighted by molar-refractivity contribution is 0.0546. The fourth-order valence-corrected chi connectivity index (χ4v) is 2.62. The zero-order valence-electron chi connectivity index (χ0n) is 11.9. The van der Waals surface area contributed by atoms with Crippen molar-refractivity contribution in [1.29, 1.82) is 0 Å². The third kappa shape index (κ3) is 2.88. The number of aromatic nitrogens is 4. The van der Waals surface area contributed by atoms with Crippen molar-refractivity contribution in [2.75, 3.05) is 24.6 Å². The standard InChI is InChI=1S/C14H19N5O2/c1-10-16-13(7-14(17-10)19-5-2-4-15-19)18-6-3-11(9-20)12(21)8-18/h2,4-5,7,11-12,20-21H,3,6,8-9H2,1H3/t11-,12+/m0/s1. The summed E-state index contributed by atoms with van der Waals surface area (Å²) in [7, 11) is 0. The van der Waals surface area contributed by atoms with Gasteiger partial charge in [0.2, 0.25) is 0 Å². The molecule has 0 aliphatic carbocycles. The third-order valence-corrected chi connectivity index (χ3v) is 3.83. The van der Waals surface area contributed by atoms with Crippen molar-refractivity contribution in [3.8, 4) is 5.82 Å². The van der Waals surface area contributed by atoms with Crippen LogP contribution in [0.3, 0.4) is 0 Å². The molecule has 0 radical (unpaired) electrons. The average molecular weight is 289 g/mol. The second-order valence-corrected chi connectivity index (χ2v) is 5.33. The van der Waals surface area contributed by atoms with Crippen LogP contribution in [-0.2, 0) is 0 Å². The highest BCUT2D eigenvalue weighted by atomic mass is 16.3. The van der Waals surface area contributed by atoms with Crippen molar-refractivity contribution >= 4 is 5.82 Å². The summed E-state index contributed by atoms with van der Waals surface area (Å²) >= 11 is 0. The molecule has 0 saturated carbocycles. The van der Waals surface area contributed by atoms with E-state index in [1.807, 2.05) is 30.2 Å². The molecule has 0 aromatic carbocycles. The Labute approximate surface area is 122 Å². The lowest BCUT2D eigenvalue weighted by Gasteiger charge is -2.35. The molecule has 1 fully saturated rings. The molecule has 112 valence electrons. The highest BCUT2D eigenvalue weighted by Crippen LogP contribution is 2.23. The van der Waals surface area contributed by atoms with Crippen LogP contribution in [0.25, 0.3) is 5.82 Å². The Morgan fingerprint density at radius 1 is 1.33 bits per heavy atom. The number of hydrogen-bond donors (Lipinski definition) is 2. The minimum absolute atomic E-state index is 0.0242. The first-order chi connectivity index (χ1) is 10.2. The van der Waals surface area contributed by atoms with Crippen molar-refractivity contribution in [2.45, 2.75) is 19.4 Å². The molecule has 21 heavy (non-hydrogen) atoms. The van der Waals surface area contributed by atoms with Gasteiger partial charge in [-0.25, -0.2) is 14.6 Å². The van der Waals surface area contributed by atoms with Crippen molar-refractivity contribution in [2.24, 2.45) is 5.92 Å². The summed E-state index contributed by atoms with van der Waals surface area (Å²) < 4.78 is 1.69. The van der Waals surface area contributed by atoms with Crippen molar-refractivity contribution in [1.82, 2.24) is 19.7 Å². The van der Waals surface area contributed by atoms with Crippen LogP contribution in [0.5, 0.6) is 0 Å². The van der Waals surface area contributed by atoms with Crippen molar-refractivity contribution in [3.63, 3.8) is 0 Å². The molecule has 3 rings (SSSR count). The number of aryl methyl sites for hydroxylation is 1. The molecule has 1 aliphatic rings. The van der Waals surface area contributed by atoms with Gasteiger partial charge in [0.1, 0.15) is 11.6 Å². The molecule has 2 N–H and O–H groups in total. The van der Waals surface area contributed by atoms with E-state index in [-0.39, 0.29) is 12.5 Å². The summed E-state index contributed by atoms with van der Waals surface area (Å²) in [5.74, 6) is 2.11. The van der Waals surface area contributed by atoms with Crippen molar-refractivity contribution < 1.29 is 10.2 Å². The number of rotatable bonds is 3. The smallest absolute Gasteiger partial charge is 0.159 e. The SMILES string of the molecule is Cc1nc(N2CC[C@@H](CO)[C@H](O)C2)cc(-n2cccn2)n1. The van der Waals surface area contributed by atoms with Gasteiger partial charge >= 0.3 is 0 Å². The lowest BCUT2D eigenvalue weighted by atomic mass is 9.95. The van der Waals surface area contributed by atoms with Gasteiger partial charge in [0.25, 0.3) is 0 Å². The number of aliphatic hydroxyl groups excluding tert-OH is 2. The molecule has 0 unspecified atom stereocenters. The summed E-state index contributed by atoms with van der Waals surface area (Å²) in [6.07, 6.45) is 3.75. The van der Waals surface area contributed by atoms with Crippen LogP contribution in [0.2, 0.25) is 0 Å². The predicted octanol–water partition coefficient (Wildman–Crippen LogP) is 0.150. The van der Waals surface area contributed by atoms with E-state index < -0.39 is 6.10 Å². The van der Waals surface area contributed by atoms with E-state index in [1.165, 1.54) is 0 Å². The molecule has 0 spiro atoms. The number of β-amino-alcohol motifs (C(OH)–C–C–N with tert-alkyl or cyclic N) is 1. The molecule has 7 nitrogen and oxygen atoms in total. The molecule has 2 aromatic rings. The van der Waals surface area contributed by atoms with Gasteiger partial charge in [-0.05, 0) is 19.4 Å². The monoisotopic (exact) mass is 289 g/mol. The van der Waals surface area contributed by atoms with Crippen LogP contribution in [0.1, 0.15) is 12.2 Å². The molecule has 7 heteroatoms. The normalized spacial score (nSPS) is 22.5. The van der Waals surface area contributed by atoms with Gasteiger partial charge in [-0.15, -0.1) is 0 Å². The number of nitrogens with zero attached hydrogens (tertiary/aromatic N) is 5. The average Bonchev–Trinajstić information content (AvgIpc) is 3.01. The van der Waals surface area contributed by atoms with E-state index in [9.17, 15) is 10.2 Å². The van der Waals surface area contributed by atoms with E-state index >= 15 is 0 Å². The summed E-state index contributed by atoms with van der Waals surface area (Å²) in [4.78, 5) is 10.9. The third-order valence-electron chi connectivity index (χ3n) is 3.83. The van der Waals surface area contributed by atoms with Gasteiger partial charge in [-0.1, -0.05) is 0 Å². The minimum Gasteiger partial charge on any atom is -0.396 e. The summed E-state index contributed by atoms with van der Waals surface area (Å²) in [5, 5.41) is 23.5. The number of piperidine rings is 1. The Hall–Kier alpha value is -1.99. The van der Waals surface area contributed by atoms with Crippen LogP contribution < -0.4 is 4.90 Å². The molecule has 0 bridgehead atoms. The fourth-order valence-electron chi connectivity index (χ4n) is 2.62. The highest BCUT2D eigenvalue weighted by Gasteiger charge is 2.28. The van der Waals surface area contributed by atoms with Crippen LogP contribution in [0.4, 0.5) is 5.82 Å². The fraction of sp³-hybridized carbons (Fsp3) is 0.500. The van der Waals surface area contributed by atoms with Gasteiger partial charge in [-0.2, -0.15) is 5.10 Å². The molecule has 2 aromatic heterocycles. The summed E-state index contributed by atoms with van der Waals surface area (Å²) in [6.45, 7) is 3.10. The zero-order valence-corrected chi connectivity index (χ0v) is 11.9. The number of anilines is 1.